The molecule has 0 saturated carbocycles. The summed E-state index contributed by atoms with van der Waals surface area (Å²) < 4.78 is 0.905. The van der Waals surface area contributed by atoms with Crippen LogP contribution < -0.4 is 0 Å². The lowest BCUT2D eigenvalue weighted by atomic mass is 9.78. The fourth-order valence-corrected chi connectivity index (χ4v) is 3.26. The number of nitrogens with zero attached hydrogens (tertiary/aromatic N) is 1. The number of hydrogen-bond acceptors (Lipinski definition) is 2. The standard InChI is InChI=1S/C17H24BrNO/c1-3-17(2)9-12-19(13-10-17)11-8-16(20)14-6-4-5-7-15(14)18/h4-7H,3,8-13H2,1-2H3. The van der Waals surface area contributed by atoms with Crippen LogP contribution in [0, 0.1) is 5.41 Å². The van der Waals surface area contributed by atoms with E-state index in [1.165, 1.54) is 19.3 Å². The van der Waals surface area contributed by atoms with Gasteiger partial charge in [0.2, 0.25) is 0 Å². The van der Waals surface area contributed by atoms with Crippen molar-refractivity contribution in [2.45, 2.75) is 39.5 Å². The fourth-order valence-electron chi connectivity index (χ4n) is 2.75. The Morgan fingerprint density at radius 2 is 1.95 bits per heavy atom. The van der Waals surface area contributed by atoms with Gasteiger partial charge in [-0.1, -0.05) is 54.4 Å². The molecule has 1 aromatic carbocycles. The molecule has 1 aromatic rings. The Hall–Kier alpha value is -0.670. The summed E-state index contributed by atoms with van der Waals surface area (Å²) in [4.78, 5) is 14.7. The predicted octanol–water partition coefficient (Wildman–Crippen LogP) is 4.53. The summed E-state index contributed by atoms with van der Waals surface area (Å²) in [6.07, 6.45) is 4.39. The van der Waals surface area contributed by atoms with Crippen molar-refractivity contribution in [1.82, 2.24) is 4.90 Å². The van der Waals surface area contributed by atoms with Crippen LogP contribution in [0.25, 0.3) is 0 Å². The van der Waals surface area contributed by atoms with Gasteiger partial charge in [-0.3, -0.25) is 4.79 Å². The summed E-state index contributed by atoms with van der Waals surface area (Å²) in [5.41, 5.74) is 1.33. The van der Waals surface area contributed by atoms with Crippen molar-refractivity contribution in [3.05, 3.63) is 34.3 Å². The van der Waals surface area contributed by atoms with Crippen molar-refractivity contribution in [3.63, 3.8) is 0 Å². The lowest BCUT2D eigenvalue weighted by molar-refractivity contribution is 0.0902. The number of piperidine rings is 1. The molecule has 0 N–H and O–H groups in total. The molecular weight excluding hydrogens is 314 g/mol. The van der Waals surface area contributed by atoms with Crippen molar-refractivity contribution in [1.29, 1.82) is 0 Å². The molecule has 0 aromatic heterocycles. The number of carbonyl (C=O) groups is 1. The van der Waals surface area contributed by atoms with Crippen LogP contribution >= 0.6 is 15.9 Å². The van der Waals surface area contributed by atoms with E-state index < -0.39 is 0 Å². The molecule has 1 aliphatic heterocycles. The molecule has 2 rings (SSSR count). The second-order valence-corrected chi connectivity index (χ2v) is 7.01. The molecule has 0 radical (unpaired) electrons. The highest BCUT2D eigenvalue weighted by atomic mass is 79.9. The number of hydrogen-bond donors (Lipinski definition) is 0. The van der Waals surface area contributed by atoms with Crippen LogP contribution in [0.5, 0.6) is 0 Å². The Morgan fingerprint density at radius 1 is 1.30 bits per heavy atom. The first-order valence-corrected chi connectivity index (χ1v) is 8.33. The normalized spacial score (nSPS) is 18.9. The number of ketones is 1. The van der Waals surface area contributed by atoms with E-state index in [1.54, 1.807) is 0 Å². The highest BCUT2D eigenvalue weighted by Crippen LogP contribution is 2.33. The molecule has 0 amide bonds. The Kier molecular flexibility index (Phi) is 5.39. The molecule has 3 heteroatoms. The van der Waals surface area contributed by atoms with Crippen molar-refractivity contribution in [2.24, 2.45) is 5.41 Å². The summed E-state index contributed by atoms with van der Waals surface area (Å²) in [7, 11) is 0. The van der Waals surface area contributed by atoms with Crippen molar-refractivity contribution >= 4 is 21.7 Å². The van der Waals surface area contributed by atoms with E-state index in [2.05, 4.69) is 34.7 Å². The third-order valence-corrected chi connectivity index (χ3v) is 5.44. The van der Waals surface area contributed by atoms with Crippen LogP contribution in [0.2, 0.25) is 0 Å². The van der Waals surface area contributed by atoms with Gasteiger partial charge < -0.3 is 4.90 Å². The van der Waals surface area contributed by atoms with Gasteiger partial charge in [0.05, 0.1) is 0 Å². The molecule has 1 heterocycles. The third-order valence-electron chi connectivity index (χ3n) is 4.75. The van der Waals surface area contributed by atoms with Crippen molar-refractivity contribution < 1.29 is 4.79 Å². The third kappa shape index (κ3) is 3.92. The van der Waals surface area contributed by atoms with E-state index in [1.807, 2.05) is 24.3 Å². The van der Waals surface area contributed by atoms with E-state index in [-0.39, 0.29) is 5.78 Å². The van der Waals surface area contributed by atoms with Gasteiger partial charge in [0.1, 0.15) is 0 Å². The maximum atomic E-state index is 12.2. The molecule has 0 bridgehead atoms. The average molecular weight is 338 g/mol. The Labute approximate surface area is 130 Å². The van der Waals surface area contributed by atoms with Gasteiger partial charge >= 0.3 is 0 Å². The molecular formula is C17H24BrNO. The first-order chi connectivity index (χ1) is 9.54. The first-order valence-electron chi connectivity index (χ1n) is 7.54. The van der Waals surface area contributed by atoms with E-state index >= 15 is 0 Å². The fraction of sp³-hybridized carbons (Fsp3) is 0.588. The first kappa shape index (κ1) is 15.7. The number of halogens is 1. The number of rotatable bonds is 5. The van der Waals surface area contributed by atoms with Crippen molar-refractivity contribution in [3.8, 4) is 0 Å². The van der Waals surface area contributed by atoms with Crippen LogP contribution in [0.15, 0.2) is 28.7 Å². The zero-order valence-electron chi connectivity index (χ0n) is 12.5. The summed E-state index contributed by atoms with van der Waals surface area (Å²) >= 11 is 3.45. The topological polar surface area (TPSA) is 20.3 Å². The van der Waals surface area contributed by atoms with E-state index in [9.17, 15) is 4.79 Å². The van der Waals surface area contributed by atoms with Gasteiger partial charge in [-0.05, 0) is 37.4 Å². The monoisotopic (exact) mass is 337 g/mol. The Bertz CT molecular complexity index is 464. The molecule has 0 aliphatic carbocycles. The Morgan fingerprint density at radius 3 is 2.55 bits per heavy atom. The van der Waals surface area contributed by atoms with Crippen LogP contribution in [-0.2, 0) is 0 Å². The molecule has 0 unspecified atom stereocenters. The van der Waals surface area contributed by atoms with Crippen molar-refractivity contribution in [2.75, 3.05) is 19.6 Å². The van der Waals surface area contributed by atoms with Gasteiger partial charge in [-0.25, -0.2) is 0 Å². The number of carbonyl (C=O) groups excluding carboxylic acids is 1. The van der Waals surface area contributed by atoms with E-state index in [0.717, 1.165) is 29.7 Å². The average Bonchev–Trinajstić information content (AvgIpc) is 2.47. The van der Waals surface area contributed by atoms with Crippen LogP contribution in [0.3, 0.4) is 0 Å². The lowest BCUT2D eigenvalue weighted by Gasteiger charge is -2.38. The van der Waals surface area contributed by atoms with Gasteiger partial charge in [-0.2, -0.15) is 0 Å². The highest BCUT2D eigenvalue weighted by molar-refractivity contribution is 9.10. The zero-order valence-corrected chi connectivity index (χ0v) is 14.1. The maximum absolute atomic E-state index is 12.2. The quantitative estimate of drug-likeness (QED) is 0.735. The molecule has 1 saturated heterocycles. The maximum Gasteiger partial charge on any atom is 0.165 e. The lowest BCUT2D eigenvalue weighted by Crippen LogP contribution is -2.39. The van der Waals surface area contributed by atoms with Crippen LogP contribution in [0.1, 0.15) is 49.9 Å². The minimum atomic E-state index is 0.237. The smallest absolute Gasteiger partial charge is 0.165 e. The Balaban J connectivity index is 1.82. The largest absolute Gasteiger partial charge is 0.303 e. The second-order valence-electron chi connectivity index (χ2n) is 6.16. The SMILES string of the molecule is CCC1(C)CCN(CCC(=O)c2ccccc2Br)CC1. The molecule has 1 fully saturated rings. The highest BCUT2D eigenvalue weighted by Gasteiger charge is 2.28. The summed E-state index contributed by atoms with van der Waals surface area (Å²) in [6.45, 7) is 7.82. The molecule has 0 spiro atoms. The zero-order chi connectivity index (χ0) is 14.6. The van der Waals surface area contributed by atoms with E-state index in [0.29, 0.717) is 11.8 Å². The molecule has 20 heavy (non-hydrogen) atoms. The van der Waals surface area contributed by atoms with E-state index in [4.69, 9.17) is 0 Å². The van der Waals surface area contributed by atoms with Gasteiger partial charge in [0, 0.05) is 23.0 Å². The molecule has 110 valence electrons. The molecule has 1 aliphatic rings. The van der Waals surface area contributed by atoms with Crippen LogP contribution in [0.4, 0.5) is 0 Å². The number of Topliss-reactive ketones (excluding diaryl/α,β-unsaturated/α-hetero) is 1. The number of likely N-dealkylation sites (tertiary alicyclic amines) is 1. The minimum absolute atomic E-state index is 0.237. The van der Waals surface area contributed by atoms with Crippen LogP contribution in [-0.4, -0.2) is 30.3 Å². The summed E-state index contributed by atoms with van der Waals surface area (Å²) in [6, 6.07) is 7.69. The predicted molar refractivity (Wildman–Crippen MR) is 87.2 cm³/mol. The van der Waals surface area contributed by atoms with Gasteiger partial charge in [0.25, 0.3) is 0 Å². The number of benzene rings is 1. The summed E-state index contributed by atoms with van der Waals surface area (Å²) in [5, 5.41) is 0. The van der Waals surface area contributed by atoms with Gasteiger partial charge in [-0.15, -0.1) is 0 Å². The van der Waals surface area contributed by atoms with Gasteiger partial charge in [0.15, 0.2) is 5.78 Å². The second kappa shape index (κ2) is 6.86. The molecule has 0 atom stereocenters. The molecule has 2 nitrogen and oxygen atoms in total. The minimum Gasteiger partial charge on any atom is -0.303 e. The summed E-state index contributed by atoms with van der Waals surface area (Å²) in [5.74, 6) is 0.237.